The lowest BCUT2D eigenvalue weighted by molar-refractivity contribution is -0.132. The summed E-state index contributed by atoms with van der Waals surface area (Å²) in [5.41, 5.74) is 6.20. The third kappa shape index (κ3) is 4.70. The Morgan fingerprint density at radius 2 is 1.85 bits per heavy atom. The quantitative estimate of drug-likeness (QED) is 0.516. The monoisotopic (exact) mass is 460 g/mol. The molecule has 3 aromatic rings. The number of benzene rings is 2. The van der Waals surface area contributed by atoms with E-state index in [1.807, 2.05) is 35.2 Å². The average molecular weight is 461 g/mol. The highest BCUT2D eigenvalue weighted by molar-refractivity contribution is 5.92. The van der Waals surface area contributed by atoms with Crippen molar-refractivity contribution in [3.63, 3.8) is 0 Å². The first kappa shape index (κ1) is 22.2. The van der Waals surface area contributed by atoms with Gasteiger partial charge in [0.1, 0.15) is 6.33 Å². The first-order valence-corrected chi connectivity index (χ1v) is 11.7. The van der Waals surface area contributed by atoms with Gasteiger partial charge in [-0.05, 0) is 64.2 Å². The fourth-order valence-electron chi connectivity index (χ4n) is 4.75. The van der Waals surface area contributed by atoms with Gasteiger partial charge in [-0.1, -0.05) is 18.2 Å². The number of hydrogen-bond donors (Lipinski definition) is 0. The maximum Gasteiger partial charge on any atom is 0.338 e. The smallest absolute Gasteiger partial charge is 0.338 e. The van der Waals surface area contributed by atoms with Gasteiger partial charge in [0.2, 0.25) is 5.91 Å². The number of carbonyl (C=O) groups excluding carboxylic acids is 2. The number of carbonyl (C=O) groups is 2. The highest BCUT2D eigenvalue weighted by atomic mass is 16.5. The molecule has 0 aliphatic carbocycles. The van der Waals surface area contributed by atoms with E-state index in [9.17, 15) is 9.59 Å². The van der Waals surface area contributed by atoms with Crippen LogP contribution in [0.5, 0.6) is 0 Å². The second-order valence-corrected chi connectivity index (χ2v) is 8.83. The van der Waals surface area contributed by atoms with E-state index in [1.54, 1.807) is 11.0 Å². The summed E-state index contributed by atoms with van der Waals surface area (Å²) in [6.07, 6.45) is 3.67. The number of cyclic esters (lactones) is 1. The van der Waals surface area contributed by atoms with Crippen LogP contribution in [0.1, 0.15) is 32.6 Å². The standard InChI is InChI=1S/C25H28N6O3/c1-18-20(4-7-23-22(18)9-15-34-25(23)33)8-10-29-11-13-30(14-12-29)24(32)16-19-2-5-21(6-3-19)31-17-26-27-28-31/h2-7,17H,8-16H2,1H3. The molecule has 2 aromatic carbocycles. The van der Waals surface area contributed by atoms with Crippen LogP contribution in [0.25, 0.3) is 5.69 Å². The Labute approximate surface area is 198 Å². The zero-order valence-corrected chi connectivity index (χ0v) is 19.3. The lowest BCUT2D eigenvalue weighted by Crippen LogP contribution is -2.49. The Hall–Kier alpha value is -3.59. The molecule has 0 unspecified atom stereocenters. The first-order chi connectivity index (χ1) is 16.6. The fraction of sp³-hybridized carbons (Fsp3) is 0.400. The van der Waals surface area contributed by atoms with E-state index in [-0.39, 0.29) is 11.9 Å². The number of hydrogen-bond acceptors (Lipinski definition) is 7. The van der Waals surface area contributed by atoms with E-state index < -0.39 is 0 Å². The van der Waals surface area contributed by atoms with Gasteiger partial charge in [0.05, 0.1) is 24.3 Å². The predicted molar refractivity (Wildman–Crippen MR) is 125 cm³/mol. The van der Waals surface area contributed by atoms with Gasteiger partial charge < -0.3 is 9.64 Å². The molecule has 1 saturated heterocycles. The van der Waals surface area contributed by atoms with Gasteiger partial charge in [-0.15, -0.1) is 5.10 Å². The molecule has 176 valence electrons. The zero-order chi connectivity index (χ0) is 23.5. The number of piperazine rings is 1. The van der Waals surface area contributed by atoms with Crippen molar-refractivity contribution in [3.05, 3.63) is 70.5 Å². The Morgan fingerprint density at radius 3 is 2.59 bits per heavy atom. The summed E-state index contributed by atoms with van der Waals surface area (Å²) < 4.78 is 6.74. The molecule has 5 rings (SSSR count). The van der Waals surface area contributed by atoms with Crippen molar-refractivity contribution in [2.45, 2.75) is 26.2 Å². The van der Waals surface area contributed by atoms with Crippen molar-refractivity contribution in [2.24, 2.45) is 0 Å². The molecule has 2 aliphatic heterocycles. The summed E-state index contributed by atoms with van der Waals surface area (Å²) in [4.78, 5) is 29.1. The lowest BCUT2D eigenvalue weighted by atomic mass is 9.92. The summed E-state index contributed by atoms with van der Waals surface area (Å²) in [6, 6.07) is 11.7. The second-order valence-electron chi connectivity index (χ2n) is 8.83. The molecule has 3 heterocycles. The van der Waals surface area contributed by atoms with E-state index in [0.717, 1.165) is 62.4 Å². The van der Waals surface area contributed by atoms with Gasteiger partial charge in [0.25, 0.3) is 0 Å². The number of ether oxygens (including phenoxy) is 1. The Kier molecular flexibility index (Phi) is 6.35. The predicted octanol–water partition coefficient (Wildman–Crippen LogP) is 1.61. The van der Waals surface area contributed by atoms with Crippen molar-refractivity contribution in [1.82, 2.24) is 30.0 Å². The molecule has 1 fully saturated rings. The molecule has 34 heavy (non-hydrogen) atoms. The van der Waals surface area contributed by atoms with Crippen LogP contribution >= 0.6 is 0 Å². The Balaban J connectivity index is 1.10. The summed E-state index contributed by atoms with van der Waals surface area (Å²) in [5, 5.41) is 11.2. The Bertz CT molecular complexity index is 1170. The van der Waals surface area contributed by atoms with Crippen LogP contribution < -0.4 is 0 Å². The van der Waals surface area contributed by atoms with Crippen LogP contribution in [-0.4, -0.2) is 81.2 Å². The maximum absolute atomic E-state index is 12.8. The second kappa shape index (κ2) is 9.72. The summed E-state index contributed by atoms with van der Waals surface area (Å²) >= 11 is 0. The van der Waals surface area contributed by atoms with Crippen LogP contribution in [-0.2, 0) is 28.8 Å². The van der Waals surface area contributed by atoms with E-state index in [0.29, 0.717) is 18.6 Å². The van der Waals surface area contributed by atoms with Crippen molar-refractivity contribution in [2.75, 3.05) is 39.3 Å². The van der Waals surface area contributed by atoms with Gasteiger partial charge >= 0.3 is 5.97 Å². The minimum atomic E-state index is -0.208. The van der Waals surface area contributed by atoms with Gasteiger partial charge in [0.15, 0.2) is 0 Å². The third-order valence-corrected chi connectivity index (χ3v) is 6.84. The third-order valence-electron chi connectivity index (χ3n) is 6.84. The van der Waals surface area contributed by atoms with E-state index in [1.165, 1.54) is 11.1 Å². The molecule has 2 aliphatic rings. The number of esters is 1. The largest absolute Gasteiger partial charge is 0.462 e. The molecular formula is C25H28N6O3. The minimum Gasteiger partial charge on any atom is -0.462 e. The molecule has 0 bridgehead atoms. The highest BCUT2D eigenvalue weighted by Crippen LogP contribution is 2.24. The van der Waals surface area contributed by atoms with Gasteiger partial charge in [-0.25, -0.2) is 9.48 Å². The molecule has 1 amide bonds. The molecule has 1 aromatic heterocycles. The van der Waals surface area contributed by atoms with E-state index in [4.69, 9.17) is 4.74 Å². The number of fused-ring (bicyclic) bond motifs is 1. The summed E-state index contributed by atoms with van der Waals surface area (Å²) in [6.45, 7) is 6.77. The van der Waals surface area contributed by atoms with Crippen molar-refractivity contribution in [3.8, 4) is 5.69 Å². The minimum absolute atomic E-state index is 0.159. The van der Waals surface area contributed by atoms with Crippen molar-refractivity contribution in [1.29, 1.82) is 0 Å². The molecule has 0 atom stereocenters. The molecular weight excluding hydrogens is 432 g/mol. The van der Waals surface area contributed by atoms with Crippen LogP contribution in [0, 0.1) is 6.92 Å². The number of nitrogens with zero attached hydrogens (tertiary/aromatic N) is 6. The van der Waals surface area contributed by atoms with Crippen LogP contribution in [0.3, 0.4) is 0 Å². The molecule has 9 heteroatoms. The summed E-state index contributed by atoms with van der Waals surface area (Å²) in [7, 11) is 0. The van der Waals surface area contributed by atoms with Gasteiger partial charge in [-0.2, -0.15) is 0 Å². The Morgan fingerprint density at radius 1 is 1.06 bits per heavy atom. The van der Waals surface area contributed by atoms with Gasteiger partial charge in [-0.3, -0.25) is 9.69 Å². The number of amides is 1. The molecule has 0 saturated carbocycles. The fourth-order valence-corrected chi connectivity index (χ4v) is 4.75. The first-order valence-electron chi connectivity index (χ1n) is 11.7. The maximum atomic E-state index is 12.8. The molecule has 9 nitrogen and oxygen atoms in total. The average Bonchev–Trinajstić information content (AvgIpc) is 3.40. The SMILES string of the molecule is Cc1c(CCN2CCN(C(=O)Cc3ccc(-n4cnnn4)cc3)CC2)ccc2c1CCOC2=O. The normalized spacial score (nSPS) is 16.3. The van der Waals surface area contributed by atoms with Gasteiger partial charge in [0, 0.05) is 39.1 Å². The molecule has 0 radical (unpaired) electrons. The van der Waals surface area contributed by atoms with E-state index in [2.05, 4.69) is 33.4 Å². The molecule has 0 N–H and O–H groups in total. The van der Waals surface area contributed by atoms with Crippen LogP contribution in [0.15, 0.2) is 42.7 Å². The molecule has 0 spiro atoms. The topological polar surface area (TPSA) is 93.5 Å². The number of aromatic nitrogens is 4. The zero-order valence-electron chi connectivity index (χ0n) is 19.3. The number of rotatable bonds is 6. The van der Waals surface area contributed by atoms with Crippen molar-refractivity contribution >= 4 is 11.9 Å². The highest BCUT2D eigenvalue weighted by Gasteiger charge is 2.23. The van der Waals surface area contributed by atoms with Crippen LogP contribution in [0.4, 0.5) is 0 Å². The van der Waals surface area contributed by atoms with E-state index >= 15 is 0 Å². The van der Waals surface area contributed by atoms with Crippen LogP contribution in [0.2, 0.25) is 0 Å². The summed E-state index contributed by atoms with van der Waals surface area (Å²) in [5.74, 6) is -0.0487. The van der Waals surface area contributed by atoms with Crippen molar-refractivity contribution < 1.29 is 14.3 Å². The number of tetrazole rings is 1. The lowest BCUT2D eigenvalue weighted by Gasteiger charge is -2.35.